The number of carbonyl (C=O) groups is 2. The summed E-state index contributed by atoms with van der Waals surface area (Å²) in [7, 11) is -2.11. The molecule has 1 saturated carbocycles. The maximum absolute atomic E-state index is 13.3. The van der Waals surface area contributed by atoms with Crippen LogP contribution >= 0.6 is 8.03 Å². The molecule has 128 valence electrons. The summed E-state index contributed by atoms with van der Waals surface area (Å²) in [5.41, 5.74) is 0. The maximum Gasteiger partial charge on any atom is 0.412 e. The summed E-state index contributed by atoms with van der Waals surface area (Å²) in [6.45, 7) is 0.791. The van der Waals surface area contributed by atoms with Crippen molar-refractivity contribution in [1.82, 2.24) is 5.32 Å². The van der Waals surface area contributed by atoms with Crippen LogP contribution in [0.5, 0.6) is 0 Å². The molecule has 1 rings (SSSR count). The van der Waals surface area contributed by atoms with E-state index < -0.39 is 27.2 Å². The molecule has 0 saturated heterocycles. The number of carbonyl (C=O) groups excluding carboxylic acids is 2. The predicted octanol–water partition coefficient (Wildman–Crippen LogP) is 2.60. The Hall–Kier alpha value is -1.14. The molecular formula is C13H23FNO6P. The van der Waals surface area contributed by atoms with Crippen molar-refractivity contribution >= 4 is 20.1 Å². The number of ether oxygens (including phenoxy) is 2. The van der Waals surface area contributed by atoms with Gasteiger partial charge in [0.1, 0.15) is 0 Å². The molecule has 0 aromatic rings. The first-order valence-corrected chi connectivity index (χ1v) is 9.18. The van der Waals surface area contributed by atoms with Crippen LogP contribution in [0, 0.1) is 5.92 Å². The third-order valence-corrected chi connectivity index (χ3v) is 3.89. The monoisotopic (exact) mass is 339 g/mol. The van der Waals surface area contributed by atoms with Gasteiger partial charge < -0.3 is 14.0 Å². The van der Waals surface area contributed by atoms with E-state index in [-0.39, 0.29) is 24.9 Å². The van der Waals surface area contributed by atoms with E-state index in [1.165, 1.54) is 6.66 Å². The van der Waals surface area contributed by atoms with E-state index in [1.807, 2.05) is 5.32 Å². The van der Waals surface area contributed by atoms with E-state index in [2.05, 4.69) is 4.74 Å². The normalized spacial score (nSPS) is 18.3. The minimum atomic E-state index is -2.11. The van der Waals surface area contributed by atoms with Gasteiger partial charge in [-0.3, -0.25) is 14.7 Å². The van der Waals surface area contributed by atoms with Crippen molar-refractivity contribution < 1.29 is 32.5 Å². The molecular weight excluding hydrogens is 316 g/mol. The van der Waals surface area contributed by atoms with Gasteiger partial charge in [-0.1, -0.05) is 19.3 Å². The van der Waals surface area contributed by atoms with Crippen LogP contribution in [0.3, 0.4) is 0 Å². The highest BCUT2D eigenvalue weighted by atomic mass is 31.1. The number of alkyl carbamates (subject to hydrolysis) is 1. The summed E-state index contributed by atoms with van der Waals surface area (Å²) < 4.78 is 38.1. The minimum Gasteiger partial charge on any atom is -0.428 e. The second kappa shape index (κ2) is 10.6. The van der Waals surface area contributed by atoms with Crippen LogP contribution in [0.25, 0.3) is 0 Å². The lowest BCUT2D eigenvalue weighted by molar-refractivity contribution is -0.158. The number of halogens is 1. The van der Waals surface area contributed by atoms with Crippen LogP contribution in [0.15, 0.2) is 0 Å². The highest BCUT2D eigenvalue weighted by Gasteiger charge is 2.22. The molecule has 9 heteroatoms. The molecule has 1 aliphatic carbocycles. The summed E-state index contributed by atoms with van der Waals surface area (Å²) >= 11 is 0. The van der Waals surface area contributed by atoms with Crippen molar-refractivity contribution in [2.24, 2.45) is 5.92 Å². The van der Waals surface area contributed by atoms with E-state index in [9.17, 15) is 18.5 Å². The van der Waals surface area contributed by atoms with Gasteiger partial charge in [0.05, 0.1) is 12.5 Å². The summed E-state index contributed by atoms with van der Waals surface area (Å²) in [4.78, 5) is 22.9. The zero-order valence-electron chi connectivity index (χ0n) is 12.6. The Morgan fingerprint density at radius 3 is 2.59 bits per heavy atom. The van der Waals surface area contributed by atoms with Gasteiger partial charge in [0.25, 0.3) is 0 Å². The fourth-order valence-electron chi connectivity index (χ4n) is 2.15. The van der Waals surface area contributed by atoms with Crippen LogP contribution in [0.2, 0.25) is 0 Å². The van der Waals surface area contributed by atoms with Gasteiger partial charge >= 0.3 is 12.1 Å². The van der Waals surface area contributed by atoms with Crippen molar-refractivity contribution in [2.45, 2.75) is 44.8 Å². The molecule has 2 unspecified atom stereocenters. The molecule has 0 aromatic heterocycles. The van der Waals surface area contributed by atoms with Gasteiger partial charge in [0.2, 0.25) is 6.79 Å². The zero-order chi connectivity index (χ0) is 16.4. The minimum absolute atomic E-state index is 0.0631. The molecule has 1 N–H and O–H groups in total. The van der Waals surface area contributed by atoms with Gasteiger partial charge in [0, 0.05) is 13.1 Å². The van der Waals surface area contributed by atoms with E-state index in [0.717, 1.165) is 32.1 Å². The maximum atomic E-state index is 13.3. The summed E-state index contributed by atoms with van der Waals surface area (Å²) in [6.07, 6.45) is 1.86. The lowest BCUT2D eigenvalue weighted by atomic mass is 9.89. The Balaban J connectivity index is 2.09. The first-order chi connectivity index (χ1) is 10.5. The Labute approximate surface area is 129 Å². The molecule has 1 fully saturated rings. The Kier molecular flexibility index (Phi) is 9.08. The van der Waals surface area contributed by atoms with E-state index in [1.54, 1.807) is 0 Å². The molecule has 0 radical (unpaired) electrons. The molecule has 1 amide bonds. The highest BCUT2D eigenvalue weighted by Crippen LogP contribution is 2.24. The quantitative estimate of drug-likeness (QED) is 0.316. The van der Waals surface area contributed by atoms with Gasteiger partial charge in [-0.15, -0.1) is 0 Å². The summed E-state index contributed by atoms with van der Waals surface area (Å²) in [5, 5.41) is 1.92. The van der Waals surface area contributed by atoms with Crippen LogP contribution in [-0.4, -0.2) is 38.4 Å². The topological polar surface area (TPSA) is 90.9 Å². The summed E-state index contributed by atoms with van der Waals surface area (Å²) in [6, 6.07) is 0. The fourth-order valence-corrected chi connectivity index (χ4v) is 2.55. The Bertz CT molecular complexity index is 389. The van der Waals surface area contributed by atoms with Gasteiger partial charge in [-0.25, -0.2) is 9.18 Å². The third kappa shape index (κ3) is 8.34. The number of hydrogen-bond acceptors (Lipinski definition) is 6. The highest BCUT2D eigenvalue weighted by molar-refractivity contribution is 7.38. The fraction of sp³-hybridized carbons (Fsp3) is 0.846. The van der Waals surface area contributed by atoms with Crippen LogP contribution in [0.1, 0.15) is 38.5 Å². The van der Waals surface area contributed by atoms with Crippen molar-refractivity contribution in [3.63, 3.8) is 0 Å². The molecule has 0 aromatic carbocycles. The third-order valence-electron chi connectivity index (χ3n) is 3.28. The standard InChI is InChI=1S/C13H23FNO6P/c1-22(18)21-8-7-11(14)15-13(17)20-9-19-12(16)10-5-3-2-4-6-10/h10-11,22H,2-9H2,1H3,(H,15,17). The molecule has 1 aliphatic rings. The smallest absolute Gasteiger partial charge is 0.412 e. The molecule has 22 heavy (non-hydrogen) atoms. The largest absolute Gasteiger partial charge is 0.428 e. The van der Waals surface area contributed by atoms with Crippen molar-refractivity contribution in [3.8, 4) is 0 Å². The number of rotatable bonds is 8. The average molecular weight is 339 g/mol. The molecule has 0 aliphatic heterocycles. The van der Waals surface area contributed by atoms with E-state index in [4.69, 9.17) is 9.26 Å². The van der Waals surface area contributed by atoms with E-state index >= 15 is 0 Å². The van der Waals surface area contributed by atoms with Crippen molar-refractivity contribution in [2.75, 3.05) is 20.1 Å². The Morgan fingerprint density at radius 2 is 1.95 bits per heavy atom. The molecule has 0 spiro atoms. The number of alkyl halides is 1. The number of hydrogen-bond donors (Lipinski definition) is 1. The Morgan fingerprint density at radius 1 is 1.27 bits per heavy atom. The van der Waals surface area contributed by atoms with Gasteiger partial charge in [0.15, 0.2) is 14.3 Å². The second-order valence-electron chi connectivity index (χ2n) is 5.09. The summed E-state index contributed by atoms with van der Waals surface area (Å²) in [5.74, 6) is -0.519. The molecule has 2 atom stereocenters. The van der Waals surface area contributed by atoms with Gasteiger partial charge in [-0.2, -0.15) is 0 Å². The second-order valence-corrected chi connectivity index (χ2v) is 6.36. The first kappa shape index (κ1) is 18.9. The molecule has 7 nitrogen and oxygen atoms in total. The van der Waals surface area contributed by atoms with Crippen LogP contribution in [-0.2, 0) is 23.4 Å². The number of esters is 1. The van der Waals surface area contributed by atoms with Gasteiger partial charge in [-0.05, 0) is 12.8 Å². The number of nitrogens with one attached hydrogen (secondary N) is 1. The van der Waals surface area contributed by atoms with Crippen molar-refractivity contribution in [1.29, 1.82) is 0 Å². The van der Waals surface area contributed by atoms with E-state index in [0.29, 0.717) is 0 Å². The average Bonchev–Trinajstić information content (AvgIpc) is 2.47. The zero-order valence-corrected chi connectivity index (χ0v) is 13.6. The lowest BCUT2D eigenvalue weighted by Crippen LogP contribution is -2.34. The number of amides is 1. The van der Waals surface area contributed by atoms with Crippen molar-refractivity contribution in [3.05, 3.63) is 0 Å². The van der Waals surface area contributed by atoms with Crippen LogP contribution in [0.4, 0.5) is 9.18 Å². The lowest BCUT2D eigenvalue weighted by Gasteiger charge is -2.19. The predicted molar refractivity (Wildman–Crippen MR) is 77.5 cm³/mol. The molecule has 0 bridgehead atoms. The molecule has 0 heterocycles. The SMILES string of the molecule is C[PH](=O)OCCC(F)NC(=O)OCOC(=O)C1CCCCC1. The van der Waals surface area contributed by atoms with Crippen LogP contribution < -0.4 is 5.32 Å². The first-order valence-electron chi connectivity index (χ1n) is 7.36.